The molecule has 10 heteroatoms. The number of nitrogens with one attached hydrogen (secondary N) is 1. The number of aromatic nitrogens is 3. The van der Waals surface area contributed by atoms with Gasteiger partial charge in [0, 0.05) is 37.3 Å². The van der Waals surface area contributed by atoms with E-state index >= 15 is 0 Å². The van der Waals surface area contributed by atoms with E-state index in [9.17, 15) is 14.4 Å². The average molecular weight is 468 g/mol. The first kappa shape index (κ1) is 21.4. The van der Waals surface area contributed by atoms with Gasteiger partial charge in [0.25, 0.3) is 0 Å². The lowest BCUT2D eigenvalue weighted by Gasteiger charge is -2.17. The molecule has 0 bridgehead atoms. The summed E-state index contributed by atoms with van der Waals surface area (Å²) in [5.74, 6) is 0.627. The summed E-state index contributed by atoms with van der Waals surface area (Å²) < 4.78 is 8.43. The smallest absolute Gasteiger partial charge is 0.346 e. The van der Waals surface area contributed by atoms with Gasteiger partial charge in [-0.25, -0.2) is 9.48 Å². The SMILES string of the molecule is COc1cccc(N2CC(C(=O)NCCn3nc(-c4cccs4)n(C4CC4)c3=O)CC2=O)c1. The van der Waals surface area contributed by atoms with Gasteiger partial charge in [0.1, 0.15) is 5.75 Å². The van der Waals surface area contributed by atoms with Gasteiger partial charge < -0.3 is 15.0 Å². The van der Waals surface area contributed by atoms with Crippen LogP contribution in [-0.2, 0) is 16.1 Å². The Morgan fingerprint density at radius 2 is 2.09 bits per heavy atom. The molecule has 1 aliphatic heterocycles. The zero-order valence-corrected chi connectivity index (χ0v) is 19.1. The summed E-state index contributed by atoms with van der Waals surface area (Å²) in [7, 11) is 1.57. The number of benzene rings is 1. The maximum Gasteiger partial charge on any atom is 0.346 e. The molecule has 9 nitrogen and oxygen atoms in total. The molecule has 1 aliphatic carbocycles. The second-order valence-corrected chi connectivity index (χ2v) is 9.25. The molecule has 0 spiro atoms. The Morgan fingerprint density at radius 3 is 2.82 bits per heavy atom. The van der Waals surface area contributed by atoms with Gasteiger partial charge in [-0.05, 0) is 36.4 Å². The molecule has 2 amide bonds. The van der Waals surface area contributed by atoms with Crippen LogP contribution in [-0.4, -0.2) is 46.4 Å². The number of anilines is 1. The summed E-state index contributed by atoms with van der Waals surface area (Å²) in [5.41, 5.74) is 0.573. The van der Waals surface area contributed by atoms with Gasteiger partial charge in [-0.15, -0.1) is 16.4 Å². The van der Waals surface area contributed by atoms with E-state index in [0.29, 0.717) is 23.8 Å². The van der Waals surface area contributed by atoms with Crippen LogP contribution in [0.1, 0.15) is 25.3 Å². The van der Waals surface area contributed by atoms with Crippen molar-refractivity contribution in [2.24, 2.45) is 5.92 Å². The number of amides is 2. The summed E-state index contributed by atoms with van der Waals surface area (Å²) in [5, 5.41) is 9.38. The van der Waals surface area contributed by atoms with Crippen molar-refractivity contribution < 1.29 is 14.3 Å². The summed E-state index contributed by atoms with van der Waals surface area (Å²) in [6.45, 7) is 0.869. The van der Waals surface area contributed by atoms with Crippen LogP contribution in [0.2, 0.25) is 0 Å². The number of carbonyl (C=O) groups excluding carboxylic acids is 2. The molecule has 5 rings (SSSR count). The maximum atomic E-state index is 12.9. The predicted octanol–water partition coefficient (Wildman–Crippen LogP) is 2.29. The van der Waals surface area contributed by atoms with Crippen LogP contribution in [0.3, 0.4) is 0 Å². The minimum atomic E-state index is -0.439. The van der Waals surface area contributed by atoms with Gasteiger partial charge in [-0.2, -0.15) is 0 Å². The Hall–Kier alpha value is -3.40. The van der Waals surface area contributed by atoms with Crippen LogP contribution >= 0.6 is 11.3 Å². The van der Waals surface area contributed by atoms with Crippen LogP contribution < -0.4 is 20.6 Å². The van der Waals surface area contributed by atoms with E-state index in [-0.39, 0.29) is 43.1 Å². The first-order valence-electron chi connectivity index (χ1n) is 11.0. The van der Waals surface area contributed by atoms with E-state index in [1.54, 1.807) is 34.0 Å². The highest BCUT2D eigenvalue weighted by Gasteiger charge is 2.35. The zero-order valence-electron chi connectivity index (χ0n) is 18.3. The Balaban J connectivity index is 1.21. The van der Waals surface area contributed by atoms with E-state index in [4.69, 9.17) is 4.74 Å². The van der Waals surface area contributed by atoms with Gasteiger partial charge in [0.05, 0.1) is 24.4 Å². The van der Waals surface area contributed by atoms with Gasteiger partial charge in [-0.3, -0.25) is 14.2 Å². The largest absolute Gasteiger partial charge is 0.497 e. The summed E-state index contributed by atoms with van der Waals surface area (Å²) in [6.07, 6.45) is 2.13. The molecule has 1 aromatic carbocycles. The molecule has 1 saturated carbocycles. The van der Waals surface area contributed by atoms with Crippen LogP contribution in [0.15, 0.2) is 46.6 Å². The second kappa shape index (κ2) is 8.86. The highest BCUT2D eigenvalue weighted by molar-refractivity contribution is 7.13. The lowest BCUT2D eigenvalue weighted by atomic mass is 10.1. The van der Waals surface area contributed by atoms with Crippen molar-refractivity contribution in [2.45, 2.75) is 31.8 Å². The first-order chi connectivity index (χ1) is 16.0. The first-order valence-corrected chi connectivity index (χ1v) is 11.9. The van der Waals surface area contributed by atoms with E-state index in [1.165, 1.54) is 4.68 Å². The topological polar surface area (TPSA) is 98.5 Å². The molecule has 3 heterocycles. The second-order valence-electron chi connectivity index (χ2n) is 8.31. The van der Waals surface area contributed by atoms with Crippen molar-refractivity contribution in [2.75, 3.05) is 25.1 Å². The number of rotatable bonds is 8. The number of ether oxygens (including phenoxy) is 1. The lowest BCUT2D eigenvalue weighted by molar-refractivity contribution is -0.126. The van der Waals surface area contributed by atoms with Gasteiger partial charge in [-0.1, -0.05) is 12.1 Å². The van der Waals surface area contributed by atoms with E-state index in [2.05, 4.69) is 10.4 Å². The fourth-order valence-electron chi connectivity index (χ4n) is 4.14. The van der Waals surface area contributed by atoms with Crippen molar-refractivity contribution in [3.8, 4) is 16.5 Å². The van der Waals surface area contributed by atoms with Crippen molar-refractivity contribution >= 4 is 28.8 Å². The molecule has 1 unspecified atom stereocenters. The van der Waals surface area contributed by atoms with Crippen molar-refractivity contribution in [1.29, 1.82) is 0 Å². The molecule has 1 atom stereocenters. The lowest BCUT2D eigenvalue weighted by Crippen LogP contribution is -2.36. The van der Waals surface area contributed by atoms with Crippen molar-refractivity contribution in [1.82, 2.24) is 19.7 Å². The molecule has 3 aromatic rings. The molecule has 2 aliphatic rings. The fourth-order valence-corrected chi connectivity index (χ4v) is 4.85. The highest BCUT2D eigenvalue weighted by atomic mass is 32.1. The number of carbonyl (C=O) groups is 2. The third-order valence-corrected chi connectivity index (χ3v) is 6.87. The van der Waals surface area contributed by atoms with Crippen molar-refractivity contribution in [3.63, 3.8) is 0 Å². The van der Waals surface area contributed by atoms with Gasteiger partial charge in [0.2, 0.25) is 11.8 Å². The Kier molecular flexibility index (Phi) is 5.76. The van der Waals surface area contributed by atoms with Gasteiger partial charge >= 0.3 is 5.69 Å². The molecule has 2 fully saturated rings. The van der Waals surface area contributed by atoms with E-state index < -0.39 is 5.92 Å². The zero-order chi connectivity index (χ0) is 22.9. The molecule has 2 aromatic heterocycles. The van der Waals surface area contributed by atoms with Gasteiger partial charge in [0.15, 0.2) is 5.82 Å². The van der Waals surface area contributed by atoms with Crippen LogP contribution in [0, 0.1) is 5.92 Å². The van der Waals surface area contributed by atoms with Crippen LogP contribution in [0.5, 0.6) is 5.75 Å². The number of thiophene rings is 1. The number of hydrogen-bond acceptors (Lipinski definition) is 6. The number of methoxy groups -OCH3 is 1. The standard InChI is InChI=1S/C23H25N5O4S/c1-32-18-5-2-4-17(13-18)26-14-15(12-20(26)29)22(30)24-9-10-27-23(31)28(16-7-8-16)21(25-27)19-6-3-11-33-19/h2-6,11,13,15-16H,7-10,12,14H2,1H3,(H,24,30). The summed E-state index contributed by atoms with van der Waals surface area (Å²) in [6, 6.07) is 11.4. The molecule has 172 valence electrons. The van der Waals surface area contributed by atoms with E-state index in [0.717, 1.165) is 17.7 Å². The van der Waals surface area contributed by atoms with Crippen LogP contribution in [0.4, 0.5) is 5.69 Å². The summed E-state index contributed by atoms with van der Waals surface area (Å²) >= 11 is 1.55. The molecule has 1 N–H and O–H groups in total. The number of hydrogen-bond donors (Lipinski definition) is 1. The normalized spacial score (nSPS) is 18.0. The average Bonchev–Trinajstić information content (AvgIpc) is 3.21. The minimum absolute atomic E-state index is 0.0941. The highest BCUT2D eigenvalue weighted by Crippen LogP contribution is 2.37. The quantitative estimate of drug-likeness (QED) is 0.548. The molecular formula is C23H25N5O4S. The Morgan fingerprint density at radius 1 is 1.24 bits per heavy atom. The summed E-state index contributed by atoms with van der Waals surface area (Å²) in [4.78, 5) is 40.7. The maximum absolute atomic E-state index is 12.9. The third kappa shape index (κ3) is 4.30. The Bertz CT molecular complexity index is 1230. The predicted molar refractivity (Wildman–Crippen MR) is 125 cm³/mol. The molecular weight excluding hydrogens is 442 g/mol. The Labute approximate surface area is 194 Å². The number of nitrogens with zero attached hydrogens (tertiary/aromatic N) is 4. The van der Waals surface area contributed by atoms with Crippen molar-refractivity contribution in [3.05, 3.63) is 52.3 Å². The monoisotopic (exact) mass is 467 g/mol. The minimum Gasteiger partial charge on any atom is -0.497 e. The molecule has 0 radical (unpaired) electrons. The fraction of sp³-hybridized carbons (Fsp3) is 0.391. The molecule has 33 heavy (non-hydrogen) atoms. The van der Waals surface area contributed by atoms with E-state index in [1.807, 2.05) is 35.7 Å². The molecule has 1 saturated heterocycles. The van der Waals surface area contributed by atoms with Crippen LogP contribution in [0.25, 0.3) is 10.7 Å². The third-order valence-electron chi connectivity index (χ3n) is 6.01.